The number of halogens is 1. The van der Waals surface area contributed by atoms with Gasteiger partial charge in [-0.05, 0) is 18.6 Å². The van der Waals surface area contributed by atoms with Crippen molar-refractivity contribution >= 4 is 22.6 Å². The highest BCUT2D eigenvalue weighted by molar-refractivity contribution is 5.99. The molecule has 17 heavy (non-hydrogen) atoms. The van der Waals surface area contributed by atoms with Gasteiger partial charge in [0.15, 0.2) is 0 Å². The van der Waals surface area contributed by atoms with Gasteiger partial charge in [0.1, 0.15) is 18.0 Å². The van der Waals surface area contributed by atoms with E-state index in [9.17, 15) is 9.18 Å². The zero-order valence-corrected chi connectivity index (χ0v) is 9.40. The molecule has 1 aromatic heterocycles. The van der Waals surface area contributed by atoms with Crippen LogP contribution in [0.25, 0.3) is 10.9 Å². The number of aromatic nitrogens is 2. The lowest BCUT2D eigenvalue weighted by Gasteiger charge is -2.06. The van der Waals surface area contributed by atoms with Crippen LogP contribution in [0.3, 0.4) is 0 Å². The summed E-state index contributed by atoms with van der Waals surface area (Å²) in [5, 5.41) is 2.85. The summed E-state index contributed by atoms with van der Waals surface area (Å²) >= 11 is 0. The van der Waals surface area contributed by atoms with Crippen LogP contribution in [0.4, 0.5) is 10.2 Å². The Hall–Kier alpha value is -2.04. The van der Waals surface area contributed by atoms with Gasteiger partial charge in [0.25, 0.3) is 0 Å². The smallest absolute Gasteiger partial charge is 0.225 e. The van der Waals surface area contributed by atoms with Crippen molar-refractivity contribution in [3.8, 4) is 0 Å². The Morgan fingerprint density at radius 3 is 3.00 bits per heavy atom. The van der Waals surface area contributed by atoms with E-state index >= 15 is 0 Å². The zero-order chi connectivity index (χ0) is 12.3. The van der Waals surface area contributed by atoms with Crippen molar-refractivity contribution in [2.45, 2.75) is 19.8 Å². The Bertz CT molecular complexity index is 551. The van der Waals surface area contributed by atoms with Crippen LogP contribution in [-0.2, 0) is 4.79 Å². The highest BCUT2D eigenvalue weighted by Crippen LogP contribution is 2.22. The first-order valence-electron chi connectivity index (χ1n) is 5.41. The van der Waals surface area contributed by atoms with Crippen LogP contribution >= 0.6 is 0 Å². The second-order valence-corrected chi connectivity index (χ2v) is 3.65. The maximum atomic E-state index is 13.7. The largest absolute Gasteiger partial charge is 0.310 e. The highest BCUT2D eigenvalue weighted by atomic mass is 19.1. The SMILES string of the molecule is CCCC(=O)Nc1ncnc2cccc(F)c12. The Labute approximate surface area is 97.9 Å². The summed E-state index contributed by atoms with van der Waals surface area (Å²) < 4.78 is 13.7. The average molecular weight is 233 g/mol. The Morgan fingerprint density at radius 1 is 1.41 bits per heavy atom. The van der Waals surface area contributed by atoms with E-state index in [4.69, 9.17) is 0 Å². The van der Waals surface area contributed by atoms with Gasteiger partial charge in [-0.15, -0.1) is 0 Å². The van der Waals surface area contributed by atoms with Gasteiger partial charge in [0.2, 0.25) is 5.91 Å². The fourth-order valence-corrected chi connectivity index (χ4v) is 1.58. The quantitative estimate of drug-likeness (QED) is 0.886. The summed E-state index contributed by atoms with van der Waals surface area (Å²) in [7, 11) is 0. The minimum absolute atomic E-state index is 0.171. The number of carbonyl (C=O) groups is 1. The molecule has 0 aliphatic rings. The summed E-state index contributed by atoms with van der Waals surface area (Å²) in [6.45, 7) is 1.90. The number of rotatable bonds is 3. The molecule has 1 aromatic carbocycles. The van der Waals surface area contributed by atoms with E-state index in [1.165, 1.54) is 12.4 Å². The third-order valence-corrected chi connectivity index (χ3v) is 2.35. The molecule has 0 fully saturated rings. The van der Waals surface area contributed by atoms with Crippen LogP contribution in [0.15, 0.2) is 24.5 Å². The van der Waals surface area contributed by atoms with E-state index in [1.807, 2.05) is 6.92 Å². The Balaban J connectivity index is 2.43. The van der Waals surface area contributed by atoms with Crippen molar-refractivity contribution in [3.63, 3.8) is 0 Å². The van der Waals surface area contributed by atoms with Crippen LogP contribution in [0.2, 0.25) is 0 Å². The van der Waals surface area contributed by atoms with Crippen molar-refractivity contribution in [2.24, 2.45) is 0 Å². The molecule has 1 N–H and O–H groups in total. The van der Waals surface area contributed by atoms with Crippen molar-refractivity contribution in [2.75, 3.05) is 5.32 Å². The molecule has 0 unspecified atom stereocenters. The van der Waals surface area contributed by atoms with E-state index in [0.717, 1.165) is 6.42 Å². The molecule has 0 bridgehead atoms. The second-order valence-electron chi connectivity index (χ2n) is 3.65. The molecule has 5 heteroatoms. The fraction of sp³-hybridized carbons (Fsp3) is 0.250. The molecule has 0 aliphatic carbocycles. The molecule has 2 aromatic rings. The molecular weight excluding hydrogens is 221 g/mol. The maximum Gasteiger partial charge on any atom is 0.225 e. The minimum atomic E-state index is -0.435. The van der Waals surface area contributed by atoms with E-state index in [0.29, 0.717) is 11.9 Å². The summed E-state index contributed by atoms with van der Waals surface area (Å²) in [5.74, 6) is -0.378. The Morgan fingerprint density at radius 2 is 2.24 bits per heavy atom. The normalized spacial score (nSPS) is 10.5. The second kappa shape index (κ2) is 4.86. The zero-order valence-electron chi connectivity index (χ0n) is 9.40. The molecule has 0 spiro atoms. The Kier molecular flexibility index (Phi) is 3.27. The van der Waals surface area contributed by atoms with Gasteiger partial charge in [-0.25, -0.2) is 14.4 Å². The molecule has 0 atom stereocenters. The predicted octanol–water partition coefficient (Wildman–Crippen LogP) is 2.51. The van der Waals surface area contributed by atoms with Crippen molar-refractivity contribution in [1.29, 1.82) is 0 Å². The molecular formula is C12H12FN3O. The highest BCUT2D eigenvalue weighted by Gasteiger charge is 2.10. The molecule has 2 rings (SSSR count). The number of nitrogens with zero attached hydrogens (tertiary/aromatic N) is 2. The number of benzene rings is 1. The molecule has 0 saturated heterocycles. The van der Waals surface area contributed by atoms with Gasteiger partial charge in [-0.1, -0.05) is 13.0 Å². The number of amides is 1. The lowest BCUT2D eigenvalue weighted by Crippen LogP contribution is -2.12. The molecule has 0 radical (unpaired) electrons. The van der Waals surface area contributed by atoms with Crippen molar-refractivity contribution in [1.82, 2.24) is 9.97 Å². The van der Waals surface area contributed by atoms with E-state index in [-0.39, 0.29) is 17.1 Å². The lowest BCUT2D eigenvalue weighted by molar-refractivity contribution is -0.116. The standard InChI is InChI=1S/C12H12FN3O/c1-2-4-10(17)16-12-11-8(13)5-3-6-9(11)14-7-15-12/h3,5-7H,2,4H2,1H3,(H,14,15,16,17). The van der Waals surface area contributed by atoms with Crippen molar-refractivity contribution in [3.05, 3.63) is 30.3 Å². The number of nitrogens with one attached hydrogen (secondary N) is 1. The first kappa shape index (κ1) is 11.4. The van der Waals surface area contributed by atoms with Crippen LogP contribution in [0.1, 0.15) is 19.8 Å². The third kappa shape index (κ3) is 2.38. The fourth-order valence-electron chi connectivity index (χ4n) is 1.58. The van der Waals surface area contributed by atoms with Gasteiger partial charge in [0, 0.05) is 6.42 Å². The first-order valence-corrected chi connectivity index (χ1v) is 5.41. The summed E-state index contributed by atoms with van der Waals surface area (Å²) in [6, 6.07) is 4.57. The van der Waals surface area contributed by atoms with Gasteiger partial charge in [-0.3, -0.25) is 4.79 Å². The number of fused-ring (bicyclic) bond motifs is 1. The number of carbonyl (C=O) groups excluding carboxylic acids is 1. The minimum Gasteiger partial charge on any atom is -0.310 e. The third-order valence-electron chi connectivity index (χ3n) is 2.35. The van der Waals surface area contributed by atoms with Gasteiger partial charge in [0.05, 0.1) is 10.9 Å². The number of anilines is 1. The van der Waals surface area contributed by atoms with E-state index in [1.54, 1.807) is 12.1 Å². The van der Waals surface area contributed by atoms with E-state index < -0.39 is 5.82 Å². The predicted molar refractivity (Wildman–Crippen MR) is 63.0 cm³/mol. The van der Waals surface area contributed by atoms with Crippen LogP contribution in [0, 0.1) is 5.82 Å². The van der Waals surface area contributed by atoms with E-state index in [2.05, 4.69) is 15.3 Å². The molecule has 88 valence electrons. The maximum absolute atomic E-state index is 13.7. The molecule has 4 nitrogen and oxygen atoms in total. The van der Waals surface area contributed by atoms with Gasteiger partial charge >= 0.3 is 0 Å². The first-order chi connectivity index (χ1) is 8.22. The average Bonchev–Trinajstić information content (AvgIpc) is 2.29. The molecule has 0 saturated carbocycles. The van der Waals surface area contributed by atoms with Gasteiger partial charge < -0.3 is 5.32 Å². The van der Waals surface area contributed by atoms with Crippen LogP contribution in [-0.4, -0.2) is 15.9 Å². The molecule has 1 heterocycles. The van der Waals surface area contributed by atoms with Crippen molar-refractivity contribution < 1.29 is 9.18 Å². The van der Waals surface area contributed by atoms with Crippen LogP contribution < -0.4 is 5.32 Å². The topological polar surface area (TPSA) is 54.9 Å². The monoisotopic (exact) mass is 233 g/mol. The lowest BCUT2D eigenvalue weighted by atomic mass is 10.2. The van der Waals surface area contributed by atoms with Crippen LogP contribution in [0.5, 0.6) is 0 Å². The number of hydrogen-bond acceptors (Lipinski definition) is 3. The van der Waals surface area contributed by atoms with Gasteiger partial charge in [-0.2, -0.15) is 0 Å². The molecule has 1 amide bonds. The molecule has 0 aliphatic heterocycles. The summed E-state index contributed by atoms with van der Waals surface area (Å²) in [4.78, 5) is 19.3. The summed E-state index contributed by atoms with van der Waals surface area (Å²) in [5.41, 5.74) is 0.479. The number of hydrogen-bond donors (Lipinski definition) is 1. The summed E-state index contributed by atoms with van der Waals surface area (Å²) in [6.07, 6.45) is 2.43.